The lowest BCUT2D eigenvalue weighted by Gasteiger charge is -2.07. The van der Waals surface area contributed by atoms with Crippen LogP contribution in [0.5, 0.6) is 0 Å². The van der Waals surface area contributed by atoms with Crippen LogP contribution in [0.25, 0.3) is 5.65 Å². The van der Waals surface area contributed by atoms with Crippen LogP contribution in [0.3, 0.4) is 0 Å². The molecule has 1 fully saturated rings. The van der Waals surface area contributed by atoms with Crippen molar-refractivity contribution in [2.45, 2.75) is 31.1 Å². The summed E-state index contributed by atoms with van der Waals surface area (Å²) in [5.74, 6) is 0.989. The van der Waals surface area contributed by atoms with Crippen LogP contribution in [0.4, 0.5) is 0 Å². The quantitative estimate of drug-likeness (QED) is 0.873. The maximum absolute atomic E-state index is 11.9. The average Bonchev–Trinajstić information content (AvgIpc) is 2.94. The number of nitrogens with zero attached hydrogens (tertiary/aromatic N) is 3. The fourth-order valence-corrected chi connectivity index (χ4v) is 4.44. The van der Waals surface area contributed by atoms with Gasteiger partial charge in [0.2, 0.25) is 0 Å². The molecular weight excluding hydrogens is 264 g/mol. The molecule has 1 saturated heterocycles. The van der Waals surface area contributed by atoms with Crippen LogP contribution in [0, 0.1) is 0 Å². The number of sulfone groups is 1. The summed E-state index contributed by atoms with van der Waals surface area (Å²) >= 11 is 0. The van der Waals surface area contributed by atoms with Crippen molar-refractivity contribution in [3.63, 3.8) is 0 Å². The first-order valence-electron chi connectivity index (χ1n) is 6.35. The largest absolute Gasteiger partial charge is 0.326 e. The molecule has 0 aliphatic carbocycles. The normalized spacial score (nSPS) is 22.1. The minimum Gasteiger partial charge on any atom is -0.326 e. The van der Waals surface area contributed by atoms with Crippen LogP contribution in [0.2, 0.25) is 0 Å². The van der Waals surface area contributed by atoms with Gasteiger partial charge in [-0.25, -0.2) is 8.42 Å². The summed E-state index contributed by atoms with van der Waals surface area (Å²) in [5, 5.41) is 7.93. The van der Waals surface area contributed by atoms with Crippen molar-refractivity contribution in [3.8, 4) is 0 Å². The van der Waals surface area contributed by atoms with E-state index in [2.05, 4.69) is 10.2 Å². The number of fused-ring (bicyclic) bond motifs is 1. The van der Waals surface area contributed by atoms with Gasteiger partial charge in [0.25, 0.3) is 0 Å². The molecule has 3 heterocycles. The van der Waals surface area contributed by atoms with E-state index in [0.717, 1.165) is 17.6 Å². The van der Waals surface area contributed by atoms with Crippen LogP contribution in [-0.2, 0) is 22.8 Å². The highest BCUT2D eigenvalue weighted by molar-refractivity contribution is 7.92. The van der Waals surface area contributed by atoms with Crippen molar-refractivity contribution in [2.75, 3.05) is 5.75 Å². The van der Waals surface area contributed by atoms with Gasteiger partial charge >= 0.3 is 0 Å². The zero-order valence-corrected chi connectivity index (χ0v) is 11.3. The summed E-state index contributed by atoms with van der Waals surface area (Å²) in [6, 6.07) is 3.78. The molecule has 1 aliphatic rings. The number of pyridine rings is 1. The van der Waals surface area contributed by atoms with E-state index >= 15 is 0 Å². The SMILES string of the molecule is NCc1cccn2c(CC3CCCS3(=O)=O)nnc12. The van der Waals surface area contributed by atoms with Gasteiger partial charge in [-0.3, -0.25) is 4.40 Å². The smallest absolute Gasteiger partial charge is 0.165 e. The molecule has 0 aromatic carbocycles. The van der Waals surface area contributed by atoms with Gasteiger partial charge < -0.3 is 5.73 Å². The highest BCUT2D eigenvalue weighted by Gasteiger charge is 2.32. The Labute approximate surface area is 111 Å². The van der Waals surface area contributed by atoms with Crippen LogP contribution < -0.4 is 5.73 Å². The standard InChI is InChI=1S/C12H16N4O2S/c13-8-9-3-1-5-16-11(14-15-12(9)16)7-10-4-2-6-19(10,17)18/h1,3,5,10H,2,4,6-8,13H2. The van der Waals surface area contributed by atoms with Gasteiger partial charge in [0.15, 0.2) is 15.5 Å². The molecule has 3 rings (SSSR count). The molecule has 0 bridgehead atoms. The van der Waals surface area contributed by atoms with E-state index in [0.29, 0.717) is 31.0 Å². The molecule has 0 spiro atoms. The molecule has 7 heteroatoms. The van der Waals surface area contributed by atoms with Crippen molar-refractivity contribution in [3.05, 3.63) is 29.7 Å². The predicted molar refractivity (Wildman–Crippen MR) is 71.4 cm³/mol. The monoisotopic (exact) mass is 280 g/mol. The van der Waals surface area contributed by atoms with E-state index < -0.39 is 9.84 Å². The lowest BCUT2D eigenvalue weighted by atomic mass is 10.2. The third-order valence-electron chi connectivity index (χ3n) is 3.68. The number of hydrogen-bond acceptors (Lipinski definition) is 5. The molecule has 0 saturated carbocycles. The van der Waals surface area contributed by atoms with Gasteiger partial charge in [-0.05, 0) is 18.9 Å². The molecule has 2 aromatic rings. The Morgan fingerprint density at radius 2 is 2.26 bits per heavy atom. The predicted octanol–water partition coefficient (Wildman–Crippen LogP) is 0.308. The second-order valence-corrected chi connectivity index (χ2v) is 7.28. The third kappa shape index (κ3) is 2.12. The maximum atomic E-state index is 11.9. The van der Waals surface area contributed by atoms with Crippen LogP contribution >= 0.6 is 0 Å². The zero-order valence-electron chi connectivity index (χ0n) is 10.5. The van der Waals surface area contributed by atoms with Gasteiger partial charge in [0.1, 0.15) is 5.82 Å². The number of rotatable bonds is 3. The van der Waals surface area contributed by atoms with E-state index in [1.54, 1.807) is 0 Å². The molecule has 19 heavy (non-hydrogen) atoms. The van der Waals surface area contributed by atoms with Crippen molar-refractivity contribution >= 4 is 15.5 Å². The van der Waals surface area contributed by atoms with Crippen LogP contribution in [-0.4, -0.2) is 34.0 Å². The van der Waals surface area contributed by atoms with Crippen LogP contribution in [0.1, 0.15) is 24.2 Å². The first kappa shape index (κ1) is 12.6. The Morgan fingerprint density at radius 3 is 2.95 bits per heavy atom. The highest BCUT2D eigenvalue weighted by atomic mass is 32.2. The van der Waals surface area contributed by atoms with Gasteiger partial charge in [-0.15, -0.1) is 10.2 Å². The summed E-state index contributed by atoms with van der Waals surface area (Å²) < 4.78 is 25.6. The third-order valence-corrected chi connectivity index (χ3v) is 5.95. The first-order chi connectivity index (χ1) is 9.12. The average molecular weight is 280 g/mol. The van der Waals surface area contributed by atoms with Gasteiger partial charge in [0, 0.05) is 24.7 Å². The minimum atomic E-state index is -2.95. The number of aromatic nitrogens is 3. The van der Waals surface area contributed by atoms with E-state index in [1.165, 1.54) is 0 Å². The molecule has 6 nitrogen and oxygen atoms in total. The van der Waals surface area contributed by atoms with Gasteiger partial charge in [0.05, 0.1) is 11.0 Å². The summed E-state index contributed by atoms with van der Waals surface area (Å²) in [6.45, 7) is 0.393. The van der Waals surface area contributed by atoms with Crippen LogP contribution in [0.15, 0.2) is 18.3 Å². The van der Waals surface area contributed by atoms with Gasteiger partial charge in [-0.2, -0.15) is 0 Å². The van der Waals surface area contributed by atoms with Crippen molar-refractivity contribution in [2.24, 2.45) is 5.73 Å². The molecule has 102 valence electrons. The van der Waals surface area contributed by atoms with Gasteiger partial charge in [-0.1, -0.05) is 6.07 Å². The Morgan fingerprint density at radius 1 is 1.42 bits per heavy atom. The molecule has 0 radical (unpaired) electrons. The minimum absolute atomic E-state index is 0.294. The number of nitrogens with two attached hydrogens (primary N) is 1. The summed E-state index contributed by atoms with van der Waals surface area (Å²) in [7, 11) is -2.95. The zero-order chi connectivity index (χ0) is 13.5. The highest BCUT2D eigenvalue weighted by Crippen LogP contribution is 2.23. The first-order valence-corrected chi connectivity index (χ1v) is 8.06. The van der Waals surface area contributed by atoms with E-state index in [9.17, 15) is 8.42 Å². The summed E-state index contributed by atoms with van der Waals surface area (Å²) in [5.41, 5.74) is 7.29. The molecule has 2 aromatic heterocycles. The Hall–Kier alpha value is -1.47. The molecule has 1 aliphatic heterocycles. The number of hydrogen-bond donors (Lipinski definition) is 1. The molecule has 1 unspecified atom stereocenters. The van der Waals surface area contributed by atoms with E-state index in [4.69, 9.17) is 5.73 Å². The van der Waals surface area contributed by atoms with Crippen molar-refractivity contribution in [1.82, 2.24) is 14.6 Å². The molecule has 2 N–H and O–H groups in total. The Kier molecular flexibility index (Phi) is 3.02. The lowest BCUT2D eigenvalue weighted by Crippen LogP contribution is -2.20. The summed E-state index contributed by atoms with van der Waals surface area (Å²) in [6.07, 6.45) is 3.74. The maximum Gasteiger partial charge on any atom is 0.165 e. The molecular formula is C12H16N4O2S. The summed E-state index contributed by atoms with van der Waals surface area (Å²) in [4.78, 5) is 0. The second-order valence-electron chi connectivity index (χ2n) is 4.88. The Bertz CT molecular complexity index is 708. The van der Waals surface area contributed by atoms with E-state index in [-0.39, 0.29) is 5.25 Å². The topological polar surface area (TPSA) is 90.3 Å². The Balaban J connectivity index is 1.98. The van der Waals surface area contributed by atoms with Crippen molar-refractivity contribution in [1.29, 1.82) is 0 Å². The fourth-order valence-electron chi connectivity index (χ4n) is 2.61. The van der Waals surface area contributed by atoms with Crippen molar-refractivity contribution < 1.29 is 8.42 Å². The van der Waals surface area contributed by atoms with E-state index in [1.807, 2.05) is 22.7 Å². The molecule has 0 amide bonds. The fraction of sp³-hybridized carbons (Fsp3) is 0.500. The molecule has 1 atom stereocenters. The lowest BCUT2D eigenvalue weighted by molar-refractivity contribution is 0.585. The second kappa shape index (κ2) is 4.57.